The van der Waals surface area contributed by atoms with E-state index in [1.54, 1.807) is 0 Å². The minimum atomic E-state index is -0.309. The highest BCUT2D eigenvalue weighted by Crippen LogP contribution is 2.30. The number of hydrogen-bond donors (Lipinski definition) is 2. The number of hydrogen-bond acceptors (Lipinski definition) is 6. The van der Waals surface area contributed by atoms with Crippen LogP contribution in [0, 0.1) is 0 Å². The molecule has 0 radical (unpaired) electrons. The number of thioether (sulfide) groups is 1. The number of piperazine rings is 1. The smallest absolute Gasteiger partial charge is 0.290 e. The van der Waals surface area contributed by atoms with E-state index in [1.807, 2.05) is 31.3 Å². The lowest BCUT2D eigenvalue weighted by Gasteiger charge is -2.36. The Bertz CT molecular complexity index is 654. The van der Waals surface area contributed by atoms with E-state index in [9.17, 15) is 9.59 Å². The first-order valence-electron chi connectivity index (χ1n) is 8.13. The highest BCUT2D eigenvalue weighted by Gasteiger charge is 2.26. The van der Waals surface area contributed by atoms with E-state index in [4.69, 9.17) is 0 Å². The van der Waals surface area contributed by atoms with Gasteiger partial charge in [-0.3, -0.25) is 19.8 Å². The maximum absolute atomic E-state index is 11.8. The molecule has 2 amide bonds. The summed E-state index contributed by atoms with van der Waals surface area (Å²) < 4.78 is 0. The van der Waals surface area contributed by atoms with Gasteiger partial charge in [-0.25, -0.2) is 0 Å². The molecule has 0 atom stereocenters. The summed E-state index contributed by atoms with van der Waals surface area (Å²) in [5.41, 5.74) is 2.10. The number of amides is 2. The van der Waals surface area contributed by atoms with Crippen molar-refractivity contribution in [1.29, 1.82) is 0 Å². The Labute approximate surface area is 146 Å². The summed E-state index contributed by atoms with van der Waals surface area (Å²) in [6.45, 7) is 6.04. The summed E-state index contributed by atoms with van der Waals surface area (Å²) in [6.07, 6.45) is 1.81. The van der Waals surface area contributed by atoms with E-state index in [1.165, 1.54) is 0 Å². The number of likely N-dealkylation sites (N-methyl/N-ethyl adjacent to an activating group) is 1. The van der Waals surface area contributed by atoms with Crippen LogP contribution >= 0.6 is 11.8 Å². The van der Waals surface area contributed by atoms with Gasteiger partial charge in [0.15, 0.2) is 0 Å². The molecule has 0 aliphatic carbocycles. The van der Waals surface area contributed by atoms with Gasteiger partial charge in [-0.1, -0.05) is 18.2 Å². The molecule has 0 spiro atoms. The fraction of sp³-hybridized carbons (Fsp3) is 0.412. The number of para-hydroxylation sites is 1. The van der Waals surface area contributed by atoms with Gasteiger partial charge >= 0.3 is 0 Å². The van der Waals surface area contributed by atoms with Crippen molar-refractivity contribution in [3.05, 3.63) is 34.7 Å². The molecule has 0 unspecified atom stereocenters. The molecule has 3 rings (SSSR count). The van der Waals surface area contributed by atoms with Crippen molar-refractivity contribution in [3.8, 4) is 0 Å². The lowest BCUT2D eigenvalue weighted by atomic mass is 10.1. The first kappa shape index (κ1) is 17.0. The van der Waals surface area contributed by atoms with Crippen LogP contribution in [0.5, 0.6) is 0 Å². The summed E-state index contributed by atoms with van der Waals surface area (Å²) in [7, 11) is 1.97. The van der Waals surface area contributed by atoms with Crippen LogP contribution in [0.2, 0.25) is 0 Å². The number of carbonyl (C=O) groups is 2. The van der Waals surface area contributed by atoms with Crippen molar-refractivity contribution in [3.63, 3.8) is 0 Å². The average Bonchev–Trinajstić information content (AvgIpc) is 2.91. The molecule has 0 bridgehead atoms. The molecule has 2 saturated heterocycles. The summed E-state index contributed by atoms with van der Waals surface area (Å²) >= 11 is 0.961. The van der Waals surface area contributed by atoms with Gasteiger partial charge in [-0.05, 0) is 36.5 Å². The molecule has 128 valence electrons. The lowest BCUT2D eigenvalue weighted by molar-refractivity contribution is -0.115. The van der Waals surface area contributed by atoms with Crippen LogP contribution in [-0.2, 0) is 4.79 Å². The normalized spacial score (nSPS) is 20.7. The molecule has 1 aromatic rings. The van der Waals surface area contributed by atoms with Crippen molar-refractivity contribution < 1.29 is 9.59 Å². The van der Waals surface area contributed by atoms with Crippen LogP contribution < -0.4 is 15.5 Å². The third-order valence-electron chi connectivity index (χ3n) is 4.26. The predicted octanol–water partition coefficient (Wildman–Crippen LogP) is 1.35. The molecule has 7 heteroatoms. The number of imide groups is 1. The predicted molar refractivity (Wildman–Crippen MR) is 98.1 cm³/mol. The number of rotatable bonds is 5. The summed E-state index contributed by atoms with van der Waals surface area (Å²) in [5.74, 6) is -0.309. The first-order valence-corrected chi connectivity index (χ1v) is 8.95. The van der Waals surface area contributed by atoms with Crippen molar-refractivity contribution >= 4 is 34.7 Å². The van der Waals surface area contributed by atoms with Crippen LogP contribution in [0.15, 0.2) is 29.2 Å². The van der Waals surface area contributed by atoms with Crippen LogP contribution in [0.1, 0.15) is 5.56 Å². The van der Waals surface area contributed by atoms with Crippen LogP contribution in [0.25, 0.3) is 6.08 Å². The Morgan fingerprint density at radius 2 is 1.96 bits per heavy atom. The first-order chi connectivity index (χ1) is 11.7. The lowest BCUT2D eigenvalue weighted by Crippen LogP contribution is -2.48. The molecule has 1 aromatic carbocycles. The van der Waals surface area contributed by atoms with Crippen LogP contribution in [-0.4, -0.2) is 62.4 Å². The van der Waals surface area contributed by atoms with Gasteiger partial charge in [0.25, 0.3) is 11.1 Å². The summed E-state index contributed by atoms with van der Waals surface area (Å²) in [5, 5.41) is 5.18. The molecule has 2 fully saturated rings. The monoisotopic (exact) mass is 346 g/mol. The highest BCUT2D eigenvalue weighted by atomic mass is 32.2. The third-order valence-corrected chi connectivity index (χ3v) is 5.07. The number of nitrogens with zero attached hydrogens (tertiary/aromatic N) is 2. The zero-order valence-corrected chi connectivity index (χ0v) is 14.6. The molecule has 2 heterocycles. The number of benzene rings is 1. The van der Waals surface area contributed by atoms with Crippen molar-refractivity contribution in [1.82, 2.24) is 15.5 Å². The molecule has 0 saturated carbocycles. The Hall–Kier alpha value is -1.83. The molecule has 6 nitrogen and oxygen atoms in total. The van der Waals surface area contributed by atoms with E-state index in [0.29, 0.717) is 4.91 Å². The largest absolute Gasteiger partial charge is 0.368 e. The highest BCUT2D eigenvalue weighted by molar-refractivity contribution is 8.18. The maximum atomic E-state index is 11.8. The van der Waals surface area contributed by atoms with Gasteiger partial charge in [0, 0.05) is 45.0 Å². The fourth-order valence-electron chi connectivity index (χ4n) is 2.94. The van der Waals surface area contributed by atoms with Gasteiger partial charge < -0.3 is 10.2 Å². The van der Waals surface area contributed by atoms with Gasteiger partial charge in [-0.2, -0.15) is 0 Å². The second-order valence-corrected chi connectivity index (χ2v) is 6.86. The zero-order chi connectivity index (χ0) is 16.9. The summed E-state index contributed by atoms with van der Waals surface area (Å²) in [4.78, 5) is 28.4. The minimum Gasteiger partial charge on any atom is -0.368 e. The maximum Gasteiger partial charge on any atom is 0.290 e. The molecule has 24 heavy (non-hydrogen) atoms. The van der Waals surface area contributed by atoms with E-state index in [0.717, 1.165) is 62.3 Å². The van der Waals surface area contributed by atoms with Crippen molar-refractivity contribution in [2.24, 2.45) is 0 Å². The molecule has 2 N–H and O–H groups in total. The Morgan fingerprint density at radius 1 is 1.21 bits per heavy atom. The van der Waals surface area contributed by atoms with Gasteiger partial charge in [0.2, 0.25) is 0 Å². The SMILES string of the molecule is CNCCN1CCN(c2ccccc2/C=C2/SC(=O)NC2=O)CC1. The van der Waals surface area contributed by atoms with Crippen molar-refractivity contribution in [2.75, 3.05) is 51.2 Å². The molecule has 0 aromatic heterocycles. The average molecular weight is 346 g/mol. The molecule has 2 aliphatic heterocycles. The number of carbonyl (C=O) groups excluding carboxylic acids is 2. The molecular weight excluding hydrogens is 324 g/mol. The summed E-state index contributed by atoms with van der Waals surface area (Å²) in [6, 6.07) is 8.04. The quantitative estimate of drug-likeness (QED) is 0.785. The van der Waals surface area contributed by atoms with Crippen LogP contribution in [0.3, 0.4) is 0 Å². The second-order valence-electron chi connectivity index (χ2n) is 5.84. The van der Waals surface area contributed by atoms with E-state index in [-0.39, 0.29) is 11.1 Å². The van der Waals surface area contributed by atoms with Gasteiger partial charge in [0.05, 0.1) is 4.91 Å². The topological polar surface area (TPSA) is 64.7 Å². The molecular formula is C17H22N4O2S. The Balaban J connectivity index is 1.72. The standard InChI is InChI=1S/C17H22N4O2S/c1-18-6-7-20-8-10-21(11-9-20)14-5-3-2-4-13(14)12-15-16(22)19-17(23)24-15/h2-5,12,18H,6-11H2,1H3,(H,19,22,23)/b15-12+. The van der Waals surface area contributed by atoms with E-state index < -0.39 is 0 Å². The Morgan fingerprint density at radius 3 is 2.62 bits per heavy atom. The minimum absolute atomic E-state index is 0.304. The second kappa shape index (κ2) is 7.83. The third kappa shape index (κ3) is 3.98. The number of nitrogens with one attached hydrogen (secondary N) is 2. The van der Waals surface area contributed by atoms with E-state index in [2.05, 4.69) is 26.5 Å². The van der Waals surface area contributed by atoms with Gasteiger partial charge in [0.1, 0.15) is 0 Å². The fourth-order valence-corrected chi connectivity index (χ4v) is 3.62. The van der Waals surface area contributed by atoms with E-state index >= 15 is 0 Å². The van der Waals surface area contributed by atoms with Gasteiger partial charge in [-0.15, -0.1) is 0 Å². The van der Waals surface area contributed by atoms with Crippen LogP contribution in [0.4, 0.5) is 10.5 Å². The number of anilines is 1. The zero-order valence-electron chi connectivity index (χ0n) is 13.7. The van der Waals surface area contributed by atoms with Crippen molar-refractivity contribution in [2.45, 2.75) is 0 Å². The Kier molecular flexibility index (Phi) is 5.55. The molecule has 2 aliphatic rings.